The third kappa shape index (κ3) is 4.20. The monoisotopic (exact) mass is 270 g/mol. The van der Waals surface area contributed by atoms with Crippen LogP contribution in [0.25, 0.3) is 0 Å². The lowest BCUT2D eigenvalue weighted by Crippen LogP contribution is -2.21. The number of hydrogen-bond acceptors (Lipinski definition) is 3. The molecule has 100 valence electrons. The second kappa shape index (κ2) is 7.24. The Labute approximate surface area is 112 Å². The number of carbonyl (C=O) groups excluding carboxylic acids is 1. The normalized spacial score (nSPS) is 12.0. The molecule has 1 amide bonds. The molecule has 0 saturated heterocycles. The van der Waals surface area contributed by atoms with Crippen LogP contribution in [-0.4, -0.2) is 19.6 Å². The topological polar surface area (TPSA) is 64.3 Å². The van der Waals surface area contributed by atoms with Gasteiger partial charge in [-0.05, 0) is 31.5 Å². The SMILES string of the molecule is COc1cc(NC(=O)C(C)CCCN)ccc1Cl. The first-order valence-electron chi connectivity index (χ1n) is 5.93. The van der Waals surface area contributed by atoms with E-state index in [1.54, 1.807) is 18.2 Å². The zero-order chi connectivity index (χ0) is 13.5. The minimum atomic E-state index is -0.0600. The van der Waals surface area contributed by atoms with E-state index >= 15 is 0 Å². The van der Waals surface area contributed by atoms with E-state index in [9.17, 15) is 4.79 Å². The van der Waals surface area contributed by atoms with Gasteiger partial charge in [0, 0.05) is 17.7 Å². The number of ether oxygens (including phenoxy) is 1. The van der Waals surface area contributed by atoms with E-state index in [-0.39, 0.29) is 11.8 Å². The Hall–Kier alpha value is -1.26. The third-order valence-corrected chi connectivity index (χ3v) is 3.02. The molecule has 1 atom stereocenters. The van der Waals surface area contributed by atoms with E-state index in [0.29, 0.717) is 23.0 Å². The highest BCUT2D eigenvalue weighted by atomic mass is 35.5. The van der Waals surface area contributed by atoms with E-state index in [4.69, 9.17) is 22.1 Å². The number of hydrogen-bond donors (Lipinski definition) is 2. The van der Waals surface area contributed by atoms with Crippen LogP contribution >= 0.6 is 11.6 Å². The maximum atomic E-state index is 11.9. The van der Waals surface area contributed by atoms with Crippen LogP contribution in [0.1, 0.15) is 19.8 Å². The summed E-state index contributed by atoms with van der Waals surface area (Å²) in [4.78, 5) is 11.9. The molecule has 1 unspecified atom stereocenters. The molecular formula is C13H19ClN2O2. The number of benzene rings is 1. The fourth-order valence-corrected chi connectivity index (χ4v) is 1.75. The summed E-state index contributed by atoms with van der Waals surface area (Å²) < 4.78 is 5.09. The zero-order valence-corrected chi connectivity index (χ0v) is 11.5. The minimum Gasteiger partial charge on any atom is -0.495 e. The summed E-state index contributed by atoms with van der Waals surface area (Å²) in [6.45, 7) is 2.49. The molecule has 0 aliphatic rings. The van der Waals surface area contributed by atoms with Crippen LogP contribution in [0.4, 0.5) is 5.69 Å². The molecule has 0 radical (unpaired) electrons. The van der Waals surface area contributed by atoms with Crippen LogP contribution in [-0.2, 0) is 4.79 Å². The van der Waals surface area contributed by atoms with Crippen molar-refractivity contribution in [2.45, 2.75) is 19.8 Å². The predicted octanol–water partition coefficient (Wildman–Crippen LogP) is 2.66. The largest absolute Gasteiger partial charge is 0.495 e. The van der Waals surface area contributed by atoms with E-state index in [1.807, 2.05) is 6.92 Å². The van der Waals surface area contributed by atoms with E-state index in [0.717, 1.165) is 12.8 Å². The smallest absolute Gasteiger partial charge is 0.227 e. The average Bonchev–Trinajstić information content (AvgIpc) is 2.37. The summed E-state index contributed by atoms with van der Waals surface area (Å²) in [5, 5.41) is 3.35. The van der Waals surface area contributed by atoms with Crippen molar-refractivity contribution < 1.29 is 9.53 Å². The van der Waals surface area contributed by atoms with Crippen molar-refractivity contribution in [3.8, 4) is 5.75 Å². The van der Waals surface area contributed by atoms with Gasteiger partial charge in [-0.15, -0.1) is 0 Å². The van der Waals surface area contributed by atoms with Gasteiger partial charge in [-0.1, -0.05) is 18.5 Å². The lowest BCUT2D eigenvalue weighted by molar-refractivity contribution is -0.119. The fourth-order valence-electron chi connectivity index (χ4n) is 1.56. The third-order valence-electron chi connectivity index (χ3n) is 2.71. The standard InChI is InChI=1S/C13H19ClN2O2/c1-9(4-3-7-15)13(17)16-10-5-6-11(14)12(8-10)18-2/h5-6,8-9H,3-4,7,15H2,1-2H3,(H,16,17). The fraction of sp³-hybridized carbons (Fsp3) is 0.462. The molecule has 1 aromatic rings. The van der Waals surface area contributed by atoms with Gasteiger partial charge in [-0.25, -0.2) is 0 Å². The summed E-state index contributed by atoms with van der Waals surface area (Å²) in [5.74, 6) is 0.465. The van der Waals surface area contributed by atoms with E-state index < -0.39 is 0 Å². The number of rotatable bonds is 6. The summed E-state index contributed by atoms with van der Waals surface area (Å²) >= 11 is 5.91. The van der Waals surface area contributed by atoms with Gasteiger partial charge in [0.1, 0.15) is 5.75 Å². The Kier molecular flexibility index (Phi) is 5.95. The Bertz CT molecular complexity index is 410. The van der Waals surface area contributed by atoms with Gasteiger partial charge >= 0.3 is 0 Å². The van der Waals surface area contributed by atoms with Crippen molar-refractivity contribution >= 4 is 23.2 Å². The molecule has 5 heteroatoms. The molecule has 0 aliphatic heterocycles. The Morgan fingerprint density at radius 3 is 2.89 bits per heavy atom. The van der Waals surface area contributed by atoms with Gasteiger partial charge in [0.05, 0.1) is 12.1 Å². The first kappa shape index (κ1) is 14.8. The quantitative estimate of drug-likeness (QED) is 0.835. The summed E-state index contributed by atoms with van der Waals surface area (Å²) in [6.07, 6.45) is 1.63. The van der Waals surface area contributed by atoms with Crippen molar-refractivity contribution in [1.82, 2.24) is 0 Å². The van der Waals surface area contributed by atoms with Gasteiger partial charge in [-0.3, -0.25) is 4.79 Å². The van der Waals surface area contributed by atoms with Gasteiger partial charge in [0.2, 0.25) is 5.91 Å². The molecule has 0 aromatic heterocycles. The van der Waals surface area contributed by atoms with Crippen LogP contribution in [0.5, 0.6) is 5.75 Å². The minimum absolute atomic E-state index is 0.0205. The number of anilines is 1. The number of halogens is 1. The van der Waals surface area contributed by atoms with Crippen LogP contribution in [0, 0.1) is 5.92 Å². The molecule has 0 heterocycles. The summed E-state index contributed by atoms with van der Waals surface area (Å²) in [6, 6.07) is 5.15. The average molecular weight is 271 g/mol. The molecule has 4 nitrogen and oxygen atoms in total. The molecule has 0 aliphatic carbocycles. The van der Waals surface area contributed by atoms with Crippen LogP contribution < -0.4 is 15.8 Å². The molecule has 0 saturated carbocycles. The highest BCUT2D eigenvalue weighted by Gasteiger charge is 2.13. The molecule has 1 aromatic carbocycles. The number of methoxy groups -OCH3 is 1. The molecular weight excluding hydrogens is 252 g/mol. The highest BCUT2D eigenvalue weighted by molar-refractivity contribution is 6.32. The number of nitrogens with two attached hydrogens (primary N) is 1. The maximum absolute atomic E-state index is 11.9. The number of nitrogens with one attached hydrogen (secondary N) is 1. The number of amides is 1. The lowest BCUT2D eigenvalue weighted by atomic mass is 10.0. The van der Waals surface area contributed by atoms with Gasteiger partial charge in [0.25, 0.3) is 0 Å². The Morgan fingerprint density at radius 2 is 2.28 bits per heavy atom. The van der Waals surface area contributed by atoms with Crippen molar-refractivity contribution in [3.05, 3.63) is 23.2 Å². The zero-order valence-electron chi connectivity index (χ0n) is 10.7. The second-order valence-corrected chi connectivity index (χ2v) is 4.58. The summed E-state index contributed by atoms with van der Waals surface area (Å²) in [7, 11) is 1.54. The highest BCUT2D eigenvalue weighted by Crippen LogP contribution is 2.27. The Balaban J connectivity index is 2.64. The van der Waals surface area contributed by atoms with Crippen molar-refractivity contribution in [3.63, 3.8) is 0 Å². The van der Waals surface area contributed by atoms with Crippen molar-refractivity contribution in [1.29, 1.82) is 0 Å². The van der Waals surface area contributed by atoms with Gasteiger partial charge < -0.3 is 15.8 Å². The predicted molar refractivity (Wildman–Crippen MR) is 74.1 cm³/mol. The van der Waals surface area contributed by atoms with Crippen LogP contribution in [0.3, 0.4) is 0 Å². The number of carbonyl (C=O) groups is 1. The summed E-state index contributed by atoms with van der Waals surface area (Å²) in [5.41, 5.74) is 6.10. The molecule has 1 rings (SSSR count). The second-order valence-electron chi connectivity index (χ2n) is 4.17. The first-order valence-corrected chi connectivity index (χ1v) is 6.30. The van der Waals surface area contributed by atoms with Crippen molar-refractivity contribution in [2.75, 3.05) is 19.0 Å². The molecule has 18 heavy (non-hydrogen) atoms. The maximum Gasteiger partial charge on any atom is 0.227 e. The Morgan fingerprint density at radius 1 is 1.56 bits per heavy atom. The molecule has 0 spiro atoms. The molecule has 0 bridgehead atoms. The van der Waals surface area contributed by atoms with E-state index in [1.165, 1.54) is 7.11 Å². The molecule has 3 N–H and O–H groups in total. The first-order chi connectivity index (χ1) is 8.58. The lowest BCUT2D eigenvalue weighted by Gasteiger charge is -2.12. The van der Waals surface area contributed by atoms with Gasteiger partial charge in [-0.2, -0.15) is 0 Å². The van der Waals surface area contributed by atoms with Gasteiger partial charge in [0.15, 0.2) is 0 Å². The van der Waals surface area contributed by atoms with Crippen molar-refractivity contribution in [2.24, 2.45) is 11.7 Å². The van der Waals surface area contributed by atoms with Crippen LogP contribution in [0.15, 0.2) is 18.2 Å². The molecule has 0 fully saturated rings. The van der Waals surface area contributed by atoms with Crippen LogP contribution in [0.2, 0.25) is 5.02 Å². The van der Waals surface area contributed by atoms with E-state index in [2.05, 4.69) is 5.32 Å².